The molecule has 0 aliphatic carbocycles. The number of fused-ring (bicyclic) bond motifs is 1. The van der Waals surface area contributed by atoms with Crippen molar-refractivity contribution in [2.24, 2.45) is 0 Å². The molecule has 2 aliphatic heterocycles. The third-order valence-electron chi connectivity index (χ3n) is 9.09. The third kappa shape index (κ3) is 9.65. The van der Waals surface area contributed by atoms with Gasteiger partial charge in [-0.05, 0) is 99.9 Å². The fraction of sp³-hybridized carbons (Fsp3) is 0.425. The van der Waals surface area contributed by atoms with Crippen molar-refractivity contribution in [1.29, 1.82) is 0 Å². The summed E-state index contributed by atoms with van der Waals surface area (Å²) >= 11 is 0. The first kappa shape index (κ1) is 37.2. The Kier molecular flexibility index (Phi) is 11.4. The smallest absolute Gasteiger partial charge is 0.393 e. The number of nitrogens with zero attached hydrogens (tertiary/aromatic N) is 4. The van der Waals surface area contributed by atoms with Gasteiger partial charge < -0.3 is 14.8 Å². The summed E-state index contributed by atoms with van der Waals surface area (Å²) in [5.74, 6) is -0.508. The van der Waals surface area contributed by atoms with E-state index in [4.69, 9.17) is 9.47 Å². The monoisotopic (exact) mass is 719 g/mol. The summed E-state index contributed by atoms with van der Waals surface area (Å²) in [5.41, 5.74) is 1.76. The minimum atomic E-state index is -4.52. The van der Waals surface area contributed by atoms with Crippen molar-refractivity contribution < 1.29 is 31.8 Å². The van der Waals surface area contributed by atoms with Crippen LogP contribution in [0.2, 0.25) is 0 Å². The van der Waals surface area contributed by atoms with Gasteiger partial charge >= 0.3 is 6.18 Å². The normalized spacial score (nSPS) is 19.5. The van der Waals surface area contributed by atoms with Crippen LogP contribution in [-0.4, -0.2) is 69.6 Å². The molecule has 276 valence electrons. The molecule has 1 N–H and O–H groups in total. The Labute approximate surface area is 301 Å². The Bertz CT molecular complexity index is 1890. The molecular weight excluding hydrogens is 674 g/mol. The molecule has 12 heteroatoms. The molecule has 0 unspecified atom stereocenters. The molecule has 6 rings (SSSR count). The fourth-order valence-corrected chi connectivity index (χ4v) is 6.85. The van der Waals surface area contributed by atoms with Gasteiger partial charge in [0.05, 0.1) is 17.3 Å². The molecule has 2 aliphatic rings. The number of alkyl halides is 3. The molecule has 8 nitrogen and oxygen atoms in total. The minimum absolute atomic E-state index is 0.0403. The van der Waals surface area contributed by atoms with E-state index >= 15 is 4.39 Å². The standard InChI is InChI=1S/C40H45F4N5O3/c1-39(2,3)46-34(50)14-10-21-48-20-9-13-30(26-48)52-35-19-17-29(25-45-35)37(32(24-40(42,43)44)27-11-5-4-6-12-27)28-16-18-33-31(23-28)38(41)47-49(33)36-15-7-8-22-51-36/h4-6,10-12,14,16-19,23,25,30,36H,7-9,13,15,20-22,24,26H2,1-3H3,(H,46,50)/b14-10+,37-32-/t30-,36-/m1/s1. The molecule has 2 aromatic carbocycles. The highest BCUT2D eigenvalue weighted by Gasteiger charge is 2.32. The van der Waals surface area contributed by atoms with Crippen LogP contribution < -0.4 is 10.1 Å². The maximum Gasteiger partial charge on any atom is 0.393 e. The molecule has 0 spiro atoms. The van der Waals surface area contributed by atoms with Crippen molar-refractivity contribution in [2.45, 2.75) is 83.3 Å². The van der Waals surface area contributed by atoms with E-state index in [1.165, 1.54) is 10.9 Å². The highest BCUT2D eigenvalue weighted by atomic mass is 19.4. The number of amides is 1. The Morgan fingerprint density at radius 1 is 1.00 bits per heavy atom. The highest BCUT2D eigenvalue weighted by molar-refractivity contribution is 6.00. The van der Waals surface area contributed by atoms with Crippen LogP contribution in [0, 0.1) is 5.95 Å². The number of pyridine rings is 1. The van der Waals surface area contributed by atoms with Gasteiger partial charge in [0, 0.05) is 49.1 Å². The molecule has 2 fully saturated rings. The lowest BCUT2D eigenvalue weighted by molar-refractivity contribution is -0.123. The second-order valence-corrected chi connectivity index (χ2v) is 14.5. The first-order valence-corrected chi connectivity index (χ1v) is 17.8. The Morgan fingerprint density at radius 2 is 1.79 bits per heavy atom. The maximum absolute atomic E-state index is 15.4. The Balaban J connectivity index is 1.29. The number of carbonyl (C=O) groups excluding carboxylic acids is 1. The number of aromatic nitrogens is 3. The molecule has 0 radical (unpaired) electrons. The van der Waals surface area contributed by atoms with Crippen LogP contribution in [0.25, 0.3) is 22.0 Å². The van der Waals surface area contributed by atoms with Crippen LogP contribution in [0.3, 0.4) is 0 Å². The van der Waals surface area contributed by atoms with Crippen LogP contribution in [0.1, 0.15) is 82.2 Å². The number of hydrogen-bond acceptors (Lipinski definition) is 6. The van der Waals surface area contributed by atoms with E-state index in [0.29, 0.717) is 54.2 Å². The van der Waals surface area contributed by atoms with E-state index in [9.17, 15) is 18.0 Å². The summed E-state index contributed by atoms with van der Waals surface area (Å²) in [6.45, 7) is 8.43. The fourth-order valence-electron chi connectivity index (χ4n) is 6.85. The van der Waals surface area contributed by atoms with Gasteiger partial charge in [-0.25, -0.2) is 9.67 Å². The molecule has 2 aromatic heterocycles. The van der Waals surface area contributed by atoms with E-state index in [0.717, 1.165) is 32.2 Å². The summed E-state index contributed by atoms with van der Waals surface area (Å²) in [6.07, 6.45) is 2.88. The van der Waals surface area contributed by atoms with Gasteiger partial charge in [-0.3, -0.25) is 9.69 Å². The van der Waals surface area contributed by atoms with Gasteiger partial charge in [-0.1, -0.05) is 42.5 Å². The van der Waals surface area contributed by atoms with Gasteiger partial charge in [-0.2, -0.15) is 17.6 Å². The number of nitrogens with one attached hydrogen (secondary N) is 1. The van der Waals surface area contributed by atoms with Crippen LogP contribution in [0.4, 0.5) is 17.6 Å². The number of hydrogen-bond donors (Lipinski definition) is 1. The lowest BCUT2D eigenvalue weighted by Gasteiger charge is -2.31. The van der Waals surface area contributed by atoms with Gasteiger partial charge in [0.1, 0.15) is 6.10 Å². The van der Waals surface area contributed by atoms with E-state index in [-0.39, 0.29) is 34.1 Å². The Morgan fingerprint density at radius 3 is 2.48 bits per heavy atom. The number of piperidine rings is 1. The second-order valence-electron chi connectivity index (χ2n) is 14.5. The van der Waals surface area contributed by atoms with Crippen molar-refractivity contribution in [3.8, 4) is 5.88 Å². The first-order valence-electron chi connectivity index (χ1n) is 17.8. The SMILES string of the molecule is CC(C)(C)NC(=O)/C=C/CN1CCC[C@@H](Oc2ccc(/C(=C(/CC(F)(F)F)c3ccccc3)c3ccc4c(c3)c(F)nn4[C@H]3CCCCO3)cn2)C1. The van der Waals surface area contributed by atoms with Gasteiger partial charge in [-0.15, -0.1) is 5.10 Å². The number of allylic oxidation sites excluding steroid dienone is 1. The predicted molar refractivity (Wildman–Crippen MR) is 193 cm³/mol. The largest absolute Gasteiger partial charge is 0.473 e. The van der Waals surface area contributed by atoms with Gasteiger partial charge in [0.15, 0.2) is 6.23 Å². The average Bonchev–Trinajstić information content (AvgIpc) is 3.44. The van der Waals surface area contributed by atoms with Crippen LogP contribution in [-0.2, 0) is 9.53 Å². The third-order valence-corrected chi connectivity index (χ3v) is 9.09. The van der Waals surface area contributed by atoms with Crippen LogP contribution in [0.15, 0.2) is 79.0 Å². The zero-order chi connectivity index (χ0) is 36.9. The van der Waals surface area contributed by atoms with Crippen LogP contribution in [0.5, 0.6) is 5.88 Å². The van der Waals surface area contributed by atoms with Crippen LogP contribution >= 0.6 is 0 Å². The number of rotatable bonds is 10. The summed E-state index contributed by atoms with van der Waals surface area (Å²) in [4.78, 5) is 18.9. The summed E-state index contributed by atoms with van der Waals surface area (Å²) in [6, 6.07) is 16.8. The topological polar surface area (TPSA) is 81.5 Å². The minimum Gasteiger partial charge on any atom is -0.473 e. The summed E-state index contributed by atoms with van der Waals surface area (Å²) in [7, 11) is 0. The van der Waals surface area contributed by atoms with Gasteiger partial charge in [0.25, 0.3) is 0 Å². The predicted octanol–water partition coefficient (Wildman–Crippen LogP) is 8.50. The number of halogens is 4. The molecule has 0 bridgehead atoms. The lowest BCUT2D eigenvalue weighted by atomic mass is 9.88. The molecule has 4 heterocycles. The van der Waals surface area contributed by atoms with E-state index < -0.39 is 24.8 Å². The van der Waals surface area contributed by atoms with Gasteiger partial charge in [0.2, 0.25) is 17.7 Å². The molecule has 0 saturated carbocycles. The van der Waals surface area contributed by atoms with E-state index in [2.05, 4.69) is 20.3 Å². The average molecular weight is 720 g/mol. The molecular formula is C40H45F4N5O3. The van der Waals surface area contributed by atoms with Crippen molar-refractivity contribution in [3.05, 3.63) is 102 Å². The molecule has 52 heavy (non-hydrogen) atoms. The summed E-state index contributed by atoms with van der Waals surface area (Å²) < 4.78 is 71.9. The zero-order valence-electron chi connectivity index (χ0n) is 29.8. The van der Waals surface area contributed by atoms with Crippen molar-refractivity contribution >= 4 is 28.0 Å². The van der Waals surface area contributed by atoms with Crippen molar-refractivity contribution in [1.82, 2.24) is 25.0 Å². The number of carbonyl (C=O) groups is 1. The van der Waals surface area contributed by atoms with E-state index in [1.807, 2.05) is 26.8 Å². The molecule has 1 amide bonds. The van der Waals surface area contributed by atoms with Crippen molar-refractivity contribution in [2.75, 3.05) is 26.2 Å². The first-order chi connectivity index (χ1) is 24.8. The second kappa shape index (κ2) is 16.0. The quantitative estimate of drug-likeness (QED) is 0.101. The van der Waals surface area contributed by atoms with Crippen molar-refractivity contribution in [3.63, 3.8) is 0 Å². The molecule has 2 atom stereocenters. The zero-order valence-corrected chi connectivity index (χ0v) is 29.8. The number of likely N-dealkylation sites (tertiary alicyclic amines) is 1. The Hall–Kier alpha value is -4.55. The molecule has 2 saturated heterocycles. The molecule has 4 aromatic rings. The lowest BCUT2D eigenvalue weighted by Crippen LogP contribution is -2.41. The van der Waals surface area contributed by atoms with E-state index in [1.54, 1.807) is 66.7 Å². The number of benzene rings is 2. The number of ether oxygens (including phenoxy) is 2. The highest BCUT2D eigenvalue weighted by Crippen LogP contribution is 2.41. The maximum atomic E-state index is 15.4. The summed E-state index contributed by atoms with van der Waals surface area (Å²) in [5, 5.41) is 7.24.